The molecule has 0 saturated heterocycles. The fourth-order valence-electron chi connectivity index (χ4n) is 1.81. The van der Waals surface area contributed by atoms with Crippen LogP contribution in [-0.2, 0) is 4.79 Å². The number of allylic oxidation sites excluding steroid dienone is 1. The van der Waals surface area contributed by atoms with Crippen LogP contribution in [0.2, 0.25) is 0 Å². The largest absolute Gasteiger partial charge is 0.392 e. The van der Waals surface area contributed by atoms with Gasteiger partial charge >= 0.3 is 0 Å². The molecule has 0 spiro atoms. The van der Waals surface area contributed by atoms with Crippen LogP contribution >= 0.6 is 0 Å². The summed E-state index contributed by atoms with van der Waals surface area (Å²) in [5, 5.41) is 3.04. The van der Waals surface area contributed by atoms with Crippen molar-refractivity contribution in [2.45, 2.75) is 33.6 Å². The first kappa shape index (κ1) is 12.2. The maximum absolute atomic E-state index is 11.3. The van der Waals surface area contributed by atoms with Crippen molar-refractivity contribution < 1.29 is 4.79 Å². The summed E-state index contributed by atoms with van der Waals surface area (Å²) >= 11 is 0. The van der Waals surface area contributed by atoms with Crippen molar-refractivity contribution in [3.05, 3.63) is 12.3 Å². The quantitative estimate of drug-likeness (QED) is 0.685. The number of hydrogen-bond donors (Lipinski definition) is 1. The van der Waals surface area contributed by atoms with E-state index >= 15 is 0 Å². The van der Waals surface area contributed by atoms with Crippen LogP contribution in [0.15, 0.2) is 12.3 Å². The van der Waals surface area contributed by atoms with Crippen molar-refractivity contribution in [3.8, 4) is 0 Å². The fourth-order valence-corrected chi connectivity index (χ4v) is 1.81. The minimum atomic E-state index is 0.130. The van der Waals surface area contributed by atoms with Gasteiger partial charge in [0.25, 0.3) is 0 Å². The Morgan fingerprint density at radius 1 is 1.31 bits per heavy atom. The number of carbonyl (C=O) groups is 1. The first-order chi connectivity index (χ1) is 6.08. The highest BCUT2D eigenvalue weighted by molar-refractivity contribution is 5.78. The standard InChI is InChI=1S/C11H21NO/c1-6-10(8(3)12-5)11(7-2)9(4)13/h10-12H,3,6-7H2,1-2,4-5H3. The third-order valence-electron chi connectivity index (χ3n) is 2.66. The second kappa shape index (κ2) is 5.79. The van der Waals surface area contributed by atoms with Crippen LogP contribution in [0.4, 0.5) is 0 Å². The van der Waals surface area contributed by atoms with E-state index in [1.807, 2.05) is 7.05 Å². The first-order valence-corrected chi connectivity index (χ1v) is 4.95. The maximum Gasteiger partial charge on any atom is 0.133 e. The topological polar surface area (TPSA) is 29.1 Å². The molecule has 0 aromatic carbocycles. The Morgan fingerprint density at radius 2 is 1.77 bits per heavy atom. The summed E-state index contributed by atoms with van der Waals surface area (Å²) in [5.41, 5.74) is 0.976. The normalized spacial score (nSPS) is 14.8. The van der Waals surface area contributed by atoms with Gasteiger partial charge in [-0.2, -0.15) is 0 Å². The monoisotopic (exact) mass is 183 g/mol. The lowest BCUT2D eigenvalue weighted by Crippen LogP contribution is -2.26. The number of carbonyl (C=O) groups excluding carboxylic acids is 1. The average Bonchev–Trinajstić information content (AvgIpc) is 2.12. The predicted molar refractivity (Wildman–Crippen MR) is 56.4 cm³/mol. The smallest absolute Gasteiger partial charge is 0.133 e. The van der Waals surface area contributed by atoms with Crippen LogP contribution in [0.25, 0.3) is 0 Å². The van der Waals surface area contributed by atoms with Gasteiger partial charge in [-0.1, -0.05) is 20.4 Å². The first-order valence-electron chi connectivity index (χ1n) is 4.95. The third kappa shape index (κ3) is 3.21. The molecular weight excluding hydrogens is 162 g/mol. The van der Waals surface area contributed by atoms with E-state index in [2.05, 4.69) is 25.7 Å². The van der Waals surface area contributed by atoms with Crippen LogP contribution < -0.4 is 5.32 Å². The highest BCUT2D eigenvalue weighted by Crippen LogP contribution is 2.25. The Kier molecular flexibility index (Phi) is 5.44. The van der Waals surface area contributed by atoms with Crippen molar-refractivity contribution >= 4 is 5.78 Å². The van der Waals surface area contributed by atoms with Crippen LogP contribution in [-0.4, -0.2) is 12.8 Å². The summed E-state index contributed by atoms with van der Waals surface area (Å²) in [6.45, 7) is 9.75. The zero-order valence-corrected chi connectivity index (χ0v) is 9.18. The van der Waals surface area contributed by atoms with Gasteiger partial charge in [-0.25, -0.2) is 0 Å². The number of hydrogen-bond acceptors (Lipinski definition) is 2. The molecule has 0 radical (unpaired) electrons. The highest BCUT2D eigenvalue weighted by Gasteiger charge is 2.24. The summed E-state index contributed by atoms with van der Waals surface area (Å²) < 4.78 is 0. The zero-order valence-electron chi connectivity index (χ0n) is 9.18. The SMILES string of the molecule is C=C(NC)C(CC)C(CC)C(C)=O. The van der Waals surface area contributed by atoms with Crippen molar-refractivity contribution in [3.63, 3.8) is 0 Å². The molecule has 2 unspecified atom stereocenters. The van der Waals surface area contributed by atoms with Crippen LogP contribution in [0.5, 0.6) is 0 Å². The lowest BCUT2D eigenvalue weighted by atomic mass is 9.83. The molecule has 2 heteroatoms. The number of ketones is 1. The van der Waals surface area contributed by atoms with E-state index in [1.165, 1.54) is 0 Å². The van der Waals surface area contributed by atoms with Gasteiger partial charge in [-0.15, -0.1) is 0 Å². The van der Waals surface area contributed by atoms with E-state index in [0.717, 1.165) is 18.5 Å². The summed E-state index contributed by atoms with van der Waals surface area (Å²) in [6, 6.07) is 0. The van der Waals surface area contributed by atoms with Gasteiger partial charge in [-0.3, -0.25) is 4.79 Å². The molecular formula is C11H21NO. The average molecular weight is 183 g/mol. The fraction of sp³-hybridized carbons (Fsp3) is 0.727. The number of rotatable bonds is 6. The Hall–Kier alpha value is -0.790. The predicted octanol–water partition coefficient (Wildman–Crippen LogP) is 2.36. The van der Waals surface area contributed by atoms with Gasteiger partial charge in [0.2, 0.25) is 0 Å². The molecule has 76 valence electrons. The van der Waals surface area contributed by atoms with Gasteiger partial charge in [-0.05, 0) is 19.8 Å². The van der Waals surface area contributed by atoms with E-state index < -0.39 is 0 Å². The summed E-state index contributed by atoms with van der Waals surface area (Å²) in [6.07, 6.45) is 1.87. The van der Waals surface area contributed by atoms with Gasteiger partial charge < -0.3 is 5.32 Å². The number of Topliss-reactive ketones (excluding diaryl/α,β-unsaturated/α-hetero) is 1. The molecule has 0 heterocycles. The molecule has 0 aliphatic heterocycles. The third-order valence-corrected chi connectivity index (χ3v) is 2.66. The summed E-state index contributed by atoms with van der Waals surface area (Å²) in [5.74, 6) is 0.684. The molecule has 2 atom stereocenters. The van der Waals surface area contributed by atoms with Crippen LogP contribution in [0, 0.1) is 11.8 Å². The van der Waals surface area contributed by atoms with E-state index in [0.29, 0.717) is 0 Å². The molecule has 13 heavy (non-hydrogen) atoms. The molecule has 0 aromatic heterocycles. The molecule has 0 amide bonds. The van der Waals surface area contributed by atoms with Crippen molar-refractivity contribution in [1.82, 2.24) is 5.32 Å². The molecule has 0 fully saturated rings. The second-order valence-electron chi connectivity index (χ2n) is 3.42. The molecule has 0 saturated carbocycles. The van der Waals surface area contributed by atoms with E-state index in [4.69, 9.17) is 0 Å². The minimum Gasteiger partial charge on any atom is -0.392 e. The Bertz CT molecular complexity index is 187. The molecule has 1 N–H and O–H groups in total. The second-order valence-corrected chi connectivity index (χ2v) is 3.42. The lowest BCUT2D eigenvalue weighted by molar-refractivity contribution is -0.122. The molecule has 0 aliphatic rings. The summed E-state index contributed by atoms with van der Waals surface area (Å²) in [4.78, 5) is 11.3. The Labute approximate surface area is 81.4 Å². The van der Waals surface area contributed by atoms with Crippen LogP contribution in [0.3, 0.4) is 0 Å². The maximum atomic E-state index is 11.3. The molecule has 0 rings (SSSR count). The van der Waals surface area contributed by atoms with Gasteiger partial charge in [0, 0.05) is 24.6 Å². The molecule has 0 bridgehead atoms. The van der Waals surface area contributed by atoms with Crippen molar-refractivity contribution in [1.29, 1.82) is 0 Å². The molecule has 0 aromatic rings. The number of nitrogens with one attached hydrogen (secondary N) is 1. The summed E-state index contributed by atoms with van der Waals surface area (Å²) in [7, 11) is 1.86. The van der Waals surface area contributed by atoms with E-state index in [9.17, 15) is 4.79 Å². The minimum absolute atomic E-state index is 0.130. The Balaban J connectivity index is 4.52. The van der Waals surface area contributed by atoms with Gasteiger partial charge in [0.15, 0.2) is 0 Å². The van der Waals surface area contributed by atoms with Crippen molar-refractivity contribution in [2.75, 3.05) is 7.05 Å². The van der Waals surface area contributed by atoms with Gasteiger partial charge in [0.05, 0.1) is 0 Å². The zero-order chi connectivity index (χ0) is 10.4. The van der Waals surface area contributed by atoms with E-state index in [1.54, 1.807) is 6.92 Å². The lowest BCUT2D eigenvalue weighted by Gasteiger charge is -2.24. The van der Waals surface area contributed by atoms with Crippen molar-refractivity contribution in [2.24, 2.45) is 11.8 Å². The van der Waals surface area contributed by atoms with Gasteiger partial charge in [0.1, 0.15) is 5.78 Å². The Morgan fingerprint density at radius 3 is 2.00 bits per heavy atom. The van der Waals surface area contributed by atoms with E-state index in [-0.39, 0.29) is 17.6 Å². The molecule has 2 nitrogen and oxygen atoms in total. The highest BCUT2D eigenvalue weighted by atomic mass is 16.1. The molecule has 0 aliphatic carbocycles. The van der Waals surface area contributed by atoms with Crippen LogP contribution in [0.1, 0.15) is 33.6 Å².